The summed E-state index contributed by atoms with van der Waals surface area (Å²) in [6.07, 6.45) is 1.73. The minimum Gasteiger partial charge on any atom is -1.00 e. The number of hydrogen-bond donors (Lipinski definition) is 3. The van der Waals surface area contributed by atoms with Crippen LogP contribution in [0.2, 0.25) is 0 Å². The van der Waals surface area contributed by atoms with E-state index in [9.17, 15) is 18.0 Å². The van der Waals surface area contributed by atoms with E-state index < -0.39 is 27.4 Å². The molecule has 0 saturated heterocycles. The van der Waals surface area contributed by atoms with Crippen molar-refractivity contribution < 1.29 is 196 Å². The second kappa shape index (κ2) is 34.8. The van der Waals surface area contributed by atoms with Gasteiger partial charge in [-0.3, -0.25) is 8.98 Å². The number of hydrogen-bond acceptors (Lipinski definition) is 14. The van der Waals surface area contributed by atoms with Crippen molar-refractivity contribution in [3.05, 3.63) is 59.7 Å². The van der Waals surface area contributed by atoms with E-state index in [-0.39, 0.29) is 164 Å². The average molecular weight is 1040 g/mol. The van der Waals surface area contributed by atoms with E-state index in [2.05, 4.69) is 24.6 Å². The van der Waals surface area contributed by atoms with Crippen LogP contribution in [0.25, 0.3) is 0 Å². The van der Waals surface area contributed by atoms with E-state index in [1.54, 1.807) is 12.1 Å². The molecule has 0 radical (unpaired) electrons. The minimum absolute atomic E-state index is 0. The number of carbonyl (C=O) groups excluding carboxylic acids is 3. The molecular weight excluding hydrogens is 978 g/mol. The zero-order valence-electron chi connectivity index (χ0n) is 36.1. The molecule has 306 valence electrons. The first-order valence-corrected chi connectivity index (χ1v) is 18.6. The number of amides is 2. The number of benzene rings is 2. The van der Waals surface area contributed by atoms with E-state index >= 15 is 0 Å². The zero-order valence-corrected chi connectivity index (χ0v) is 48.5. The summed E-state index contributed by atoms with van der Waals surface area (Å²) in [5.74, 6) is 1.11. The van der Waals surface area contributed by atoms with Crippen molar-refractivity contribution in [2.75, 3.05) is 73.8 Å². The number of phenols is 1. The molecule has 2 rings (SSSR count). The molecule has 2 aromatic rings. The summed E-state index contributed by atoms with van der Waals surface area (Å²) in [4.78, 5) is 38.0. The van der Waals surface area contributed by atoms with E-state index in [1.165, 1.54) is 0 Å². The Morgan fingerprint density at radius 3 is 1.45 bits per heavy atom. The third-order valence-electron chi connectivity index (χ3n) is 5.71. The number of rotatable bonds is 15. The van der Waals surface area contributed by atoms with Crippen LogP contribution in [0, 0.1) is 0 Å². The van der Waals surface area contributed by atoms with Gasteiger partial charge in [-0.1, -0.05) is 24.3 Å². The van der Waals surface area contributed by atoms with Crippen molar-refractivity contribution >= 4 is 28.8 Å². The van der Waals surface area contributed by atoms with Crippen LogP contribution in [0.1, 0.15) is 54.1 Å². The van der Waals surface area contributed by atoms with Gasteiger partial charge in [0.1, 0.15) is 29.3 Å². The smallest absolute Gasteiger partial charge is 1.00 e. The third kappa shape index (κ3) is 46.5. The van der Waals surface area contributed by atoms with Crippen LogP contribution in [0.4, 0.5) is 9.59 Å². The van der Waals surface area contributed by atoms with Crippen LogP contribution in [0.3, 0.4) is 0 Å². The normalized spacial score (nSPS) is 10.6. The summed E-state index contributed by atoms with van der Waals surface area (Å²) < 4.78 is 41.1. The molecule has 0 aromatic heterocycles. The molecule has 16 nitrogen and oxygen atoms in total. The molecule has 0 aliphatic heterocycles. The Kier molecular flexibility index (Phi) is 38.9. The Bertz CT molecular complexity index is 1390. The Balaban J connectivity index is -0.000000227. The standard InChI is InChI=1S/C17H28N2O3.C13H19NO3.C5H13NO3S.CH2O3.2Cs.H/c1-17(2,3)22-16(20)18-11-10-14-6-8-15(9-7-14)21-13-12-19(4)5;1-13(2,3)17-12(16)14-9-8-10-4-6-11(15)7-5-10;1-6(2)4-5-9-10(3,7)8;2-1-4-3;;;/h6-9H,10-13H2,1-5H3,(H,18,20);4-7,15H,8-9H2,1-3H3,(H,14,16);4-5H2,1-3H3;1,3H;;;/q;;;;2*+1;-1/p-1. The molecule has 2 amide bonds. The number of carbonyl (C=O) groups is 3. The van der Waals surface area contributed by atoms with Crippen molar-refractivity contribution in [1.82, 2.24) is 20.4 Å². The van der Waals surface area contributed by atoms with Gasteiger partial charge in [-0.05, 0) is 118 Å². The molecule has 0 aliphatic rings. The molecular formula is C36H62Cs2N4O12S. The first kappa shape index (κ1) is 61.6. The van der Waals surface area contributed by atoms with Crippen LogP contribution in [-0.4, -0.2) is 127 Å². The van der Waals surface area contributed by atoms with E-state index in [4.69, 9.17) is 29.4 Å². The fraction of sp³-hybridized carbons (Fsp3) is 0.583. The summed E-state index contributed by atoms with van der Waals surface area (Å²) in [5, 5.41) is 23.0. The van der Waals surface area contributed by atoms with Gasteiger partial charge in [0, 0.05) is 26.2 Å². The Morgan fingerprint density at radius 2 is 1.13 bits per heavy atom. The predicted molar refractivity (Wildman–Crippen MR) is 202 cm³/mol. The number of alkyl carbamates (subject to hydrolysis) is 2. The largest absolute Gasteiger partial charge is 1.00 e. The first-order valence-electron chi connectivity index (χ1n) is 16.8. The Hall–Kier alpha value is -0.0561. The molecule has 3 N–H and O–H groups in total. The number of nitrogens with zero attached hydrogens (tertiary/aromatic N) is 2. The van der Waals surface area contributed by atoms with Crippen molar-refractivity contribution in [2.24, 2.45) is 0 Å². The maximum Gasteiger partial charge on any atom is 1.00 e. The van der Waals surface area contributed by atoms with Gasteiger partial charge < -0.3 is 51.3 Å². The van der Waals surface area contributed by atoms with Crippen molar-refractivity contribution in [2.45, 2.75) is 65.6 Å². The van der Waals surface area contributed by atoms with Crippen molar-refractivity contribution in [3.63, 3.8) is 0 Å². The number of phenolic OH excluding ortho intramolecular Hbond substituents is 1. The van der Waals surface area contributed by atoms with Gasteiger partial charge >= 0.3 is 150 Å². The van der Waals surface area contributed by atoms with Crippen LogP contribution in [0.5, 0.6) is 11.5 Å². The van der Waals surface area contributed by atoms with Crippen molar-refractivity contribution in [3.8, 4) is 11.5 Å². The molecule has 0 unspecified atom stereocenters. The molecule has 55 heavy (non-hydrogen) atoms. The van der Waals surface area contributed by atoms with Gasteiger partial charge in [-0.15, -0.1) is 0 Å². The van der Waals surface area contributed by atoms with Crippen LogP contribution >= 0.6 is 0 Å². The van der Waals surface area contributed by atoms with Gasteiger partial charge in [0.25, 0.3) is 16.6 Å². The van der Waals surface area contributed by atoms with Gasteiger partial charge in [0.15, 0.2) is 0 Å². The monoisotopic (exact) mass is 1040 g/mol. The molecule has 0 saturated carbocycles. The van der Waals surface area contributed by atoms with Gasteiger partial charge in [0.05, 0.1) is 12.9 Å². The molecule has 0 atom stereocenters. The molecule has 0 aliphatic carbocycles. The summed E-state index contributed by atoms with van der Waals surface area (Å²) in [5.41, 5.74) is 1.27. The molecule has 2 aromatic carbocycles. The second-order valence-corrected chi connectivity index (χ2v) is 15.5. The van der Waals surface area contributed by atoms with Gasteiger partial charge in [-0.25, -0.2) is 9.59 Å². The maximum atomic E-state index is 11.5. The third-order valence-corrected chi connectivity index (χ3v) is 6.30. The van der Waals surface area contributed by atoms with Gasteiger partial charge in [-0.2, -0.15) is 8.42 Å². The number of nitrogens with one attached hydrogen (secondary N) is 2. The number of ether oxygens (including phenoxy) is 3. The van der Waals surface area contributed by atoms with Gasteiger partial charge in [0.2, 0.25) is 0 Å². The Morgan fingerprint density at radius 1 is 0.764 bits per heavy atom. The SMILES string of the molecule is CC(C)(C)OC(=O)NCCc1ccc(O)cc1.CN(C)CCOS(C)(=O)=O.CN(C)CCOc1ccc(CCNC(=O)OC(C)(C)C)cc1.O=CO[O-].[Cs+].[Cs+].[H-]. The van der Waals surface area contributed by atoms with E-state index in [1.807, 2.05) is 111 Å². The summed E-state index contributed by atoms with van der Waals surface area (Å²) in [6.45, 7) is 14.3. The molecule has 0 bridgehead atoms. The summed E-state index contributed by atoms with van der Waals surface area (Å²) in [6, 6.07) is 14.9. The maximum absolute atomic E-state index is 11.5. The molecule has 0 fully saturated rings. The predicted octanol–water partition coefficient (Wildman–Crippen LogP) is -2.77. The average Bonchev–Trinajstić information content (AvgIpc) is 3.01. The number of aromatic hydroxyl groups is 1. The van der Waals surface area contributed by atoms with E-state index in [0.29, 0.717) is 32.7 Å². The zero-order chi connectivity index (χ0) is 41.1. The molecule has 19 heteroatoms. The quantitative estimate of drug-likeness (QED) is 0.0716. The topological polar surface area (TPSA) is 205 Å². The van der Waals surface area contributed by atoms with Crippen LogP contribution < -0.4 is 158 Å². The molecule has 0 heterocycles. The second-order valence-electron chi connectivity index (χ2n) is 13.8. The summed E-state index contributed by atoms with van der Waals surface area (Å²) in [7, 11) is 4.50. The fourth-order valence-corrected chi connectivity index (χ4v) is 3.76. The number of likely N-dealkylation sites (N-methyl/N-ethyl adjacent to an activating group) is 2. The molecule has 0 spiro atoms. The Labute approximate surface area is 447 Å². The minimum atomic E-state index is -3.25. The fourth-order valence-electron chi connectivity index (χ4n) is 3.38. The van der Waals surface area contributed by atoms with E-state index in [0.717, 1.165) is 36.1 Å². The van der Waals surface area contributed by atoms with Crippen molar-refractivity contribution in [1.29, 1.82) is 0 Å². The first-order chi connectivity index (χ1) is 24.5. The van der Waals surface area contributed by atoms with Crippen LogP contribution in [0.15, 0.2) is 48.5 Å². The summed E-state index contributed by atoms with van der Waals surface area (Å²) >= 11 is 0. The van der Waals surface area contributed by atoms with Crippen LogP contribution in [-0.2, 0) is 46.3 Å².